The average Bonchev–Trinajstić information content (AvgIpc) is 2.95. The molecule has 3 aromatic carbocycles. The molecule has 0 atom stereocenters. The van der Waals surface area contributed by atoms with Crippen molar-refractivity contribution in [3.63, 3.8) is 0 Å². The largest absolute Gasteiger partial charge is 0.350 e. The molecule has 5 heteroatoms. The highest BCUT2D eigenvalue weighted by atomic mass is 19.1. The lowest BCUT2D eigenvalue weighted by molar-refractivity contribution is -0.120. The van der Waals surface area contributed by atoms with Gasteiger partial charge in [-0.3, -0.25) is 9.59 Å². The molecule has 0 bridgehead atoms. The number of amides is 2. The molecule has 0 saturated carbocycles. The van der Waals surface area contributed by atoms with Crippen molar-refractivity contribution in [2.45, 2.75) is 20.8 Å². The van der Waals surface area contributed by atoms with Gasteiger partial charge in [0, 0.05) is 5.69 Å². The first-order chi connectivity index (χ1) is 14.3. The van der Waals surface area contributed by atoms with Gasteiger partial charge in [0.2, 0.25) is 0 Å². The number of nitrogens with zero attached hydrogens (tertiary/aromatic N) is 1. The molecule has 0 radical (unpaired) electrons. The fourth-order valence-electron chi connectivity index (χ4n) is 3.60. The summed E-state index contributed by atoms with van der Waals surface area (Å²) in [6.45, 7) is 5.87. The van der Waals surface area contributed by atoms with Gasteiger partial charge < -0.3 is 5.32 Å². The Balaban J connectivity index is 1.84. The second-order valence-electron chi connectivity index (χ2n) is 7.48. The minimum atomic E-state index is -0.470. The third-order valence-electron chi connectivity index (χ3n) is 5.14. The Morgan fingerprint density at radius 3 is 2.03 bits per heavy atom. The van der Waals surface area contributed by atoms with Crippen molar-refractivity contribution in [2.75, 3.05) is 10.2 Å². The number of carbonyl (C=O) groups is 2. The van der Waals surface area contributed by atoms with Crippen molar-refractivity contribution in [1.82, 2.24) is 0 Å². The van der Waals surface area contributed by atoms with E-state index in [1.54, 1.807) is 0 Å². The van der Waals surface area contributed by atoms with Crippen molar-refractivity contribution in [2.24, 2.45) is 0 Å². The maximum absolute atomic E-state index is 13.4. The molecule has 1 N–H and O–H groups in total. The number of benzene rings is 3. The first-order valence-corrected chi connectivity index (χ1v) is 9.65. The van der Waals surface area contributed by atoms with Gasteiger partial charge in [0.1, 0.15) is 11.5 Å². The monoisotopic (exact) mass is 400 g/mol. The van der Waals surface area contributed by atoms with E-state index in [2.05, 4.69) is 5.32 Å². The molecular weight excluding hydrogens is 379 g/mol. The maximum atomic E-state index is 13.4. The fourth-order valence-corrected chi connectivity index (χ4v) is 3.60. The molecule has 0 saturated heterocycles. The Labute approximate surface area is 174 Å². The number of carbonyl (C=O) groups excluding carboxylic acids is 2. The van der Waals surface area contributed by atoms with Crippen molar-refractivity contribution < 1.29 is 14.0 Å². The second-order valence-corrected chi connectivity index (χ2v) is 7.48. The number of halogens is 1. The van der Waals surface area contributed by atoms with Crippen LogP contribution in [0, 0.1) is 26.6 Å². The Morgan fingerprint density at radius 2 is 1.40 bits per heavy atom. The van der Waals surface area contributed by atoms with Crippen LogP contribution in [0.3, 0.4) is 0 Å². The Kier molecular flexibility index (Phi) is 4.96. The number of aryl methyl sites for hydroxylation is 3. The lowest BCUT2D eigenvalue weighted by Crippen LogP contribution is -2.32. The smallest absolute Gasteiger partial charge is 0.282 e. The Hall–Kier alpha value is -3.73. The van der Waals surface area contributed by atoms with Crippen LogP contribution in [0.5, 0.6) is 0 Å². The number of anilines is 2. The summed E-state index contributed by atoms with van der Waals surface area (Å²) in [7, 11) is 0. The molecule has 0 unspecified atom stereocenters. The zero-order chi connectivity index (χ0) is 21.4. The van der Waals surface area contributed by atoms with Crippen LogP contribution in [0.2, 0.25) is 0 Å². The van der Waals surface area contributed by atoms with Crippen molar-refractivity contribution in [3.8, 4) is 0 Å². The topological polar surface area (TPSA) is 49.4 Å². The lowest BCUT2D eigenvalue weighted by atomic mass is 9.97. The minimum absolute atomic E-state index is 0.208. The lowest BCUT2D eigenvalue weighted by Gasteiger charge is -2.15. The Morgan fingerprint density at radius 1 is 0.767 bits per heavy atom. The SMILES string of the molecule is Cc1ccc(NC2=C(c3ccc(C)cc3C)C(=O)N(c3ccc(F)cc3)C2=O)cc1. The molecule has 4 nitrogen and oxygen atoms in total. The maximum Gasteiger partial charge on any atom is 0.282 e. The van der Waals surface area contributed by atoms with E-state index in [0.717, 1.165) is 21.6 Å². The van der Waals surface area contributed by atoms with E-state index in [9.17, 15) is 14.0 Å². The second kappa shape index (κ2) is 7.59. The highest BCUT2D eigenvalue weighted by Gasteiger charge is 2.40. The van der Waals surface area contributed by atoms with Gasteiger partial charge in [-0.15, -0.1) is 0 Å². The number of hydrogen-bond donors (Lipinski definition) is 1. The standard InChI is InChI=1S/C25H21FN2O2/c1-15-4-9-19(10-5-15)27-23-22(21-13-6-16(2)14-17(21)3)24(29)28(25(23)30)20-11-7-18(26)8-12-20/h4-14,27H,1-3H3. The van der Waals surface area contributed by atoms with Crippen LogP contribution < -0.4 is 10.2 Å². The predicted octanol–water partition coefficient (Wildman–Crippen LogP) is 5.15. The van der Waals surface area contributed by atoms with E-state index in [4.69, 9.17) is 0 Å². The van der Waals surface area contributed by atoms with Gasteiger partial charge in [-0.2, -0.15) is 0 Å². The number of nitrogens with one attached hydrogen (secondary N) is 1. The van der Waals surface area contributed by atoms with Gasteiger partial charge in [-0.25, -0.2) is 9.29 Å². The molecule has 0 spiro atoms. The van der Waals surface area contributed by atoms with Gasteiger partial charge in [0.25, 0.3) is 11.8 Å². The van der Waals surface area contributed by atoms with Crippen LogP contribution >= 0.6 is 0 Å². The van der Waals surface area contributed by atoms with E-state index in [-0.39, 0.29) is 5.70 Å². The van der Waals surface area contributed by atoms with E-state index >= 15 is 0 Å². The van der Waals surface area contributed by atoms with Crippen LogP contribution in [-0.4, -0.2) is 11.8 Å². The summed E-state index contributed by atoms with van der Waals surface area (Å²) in [5, 5.41) is 3.14. The first-order valence-electron chi connectivity index (χ1n) is 9.65. The van der Waals surface area contributed by atoms with Crippen LogP contribution in [0.25, 0.3) is 5.57 Å². The summed E-state index contributed by atoms with van der Waals surface area (Å²) in [5.41, 5.74) is 5.30. The van der Waals surface area contributed by atoms with Crippen LogP contribution in [0.15, 0.2) is 72.4 Å². The molecule has 30 heavy (non-hydrogen) atoms. The van der Waals surface area contributed by atoms with Gasteiger partial charge in [-0.05, 0) is 68.3 Å². The third-order valence-corrected chi connectivity index (χ3v) is 5.14. The average molecular weight is 400 g/mol. The summed E-state index contributed by atoms with van der Waals surface area (Å²) >= 11 is 0. The van der Waals surface area contributed by atoms with Crippen molar-refractivity contribution in [3.05, 3.63) is 100 Å². The molecule has 0 aromatic heterocycles. The molecule has 1 heterocycles. The van der Waals surface area contributed by atoms with Crippen LogP contribution in [-0.2, 0) is 9.59 Å². The van der Waals surface area contributed by atoms with Crippen molar-refractivity contribution in [1.29, 1.82) is 0 Å². The van der Waals surface area contributed by atoms with E-state index in [1.165, 1.54) is 24.3 Å². The normalized spacial score (nSPS) is 13.9. The zero-order valence-electron chi connectivity index (χ0n) is 17.0. The number of rotatable bonds is 4. The molecule has 150 valence electrons. The first kappa shape index (κ1) is 19.6. The Bertz CT molecular complexity index is 1180. The molecular formula is C25H21FN2O2. The van der Waals surface area contributed by atoms with Crippen LogP contribution in [0.4, 0.5) is 15.8 Å². The van der Waals surface area contributed by atoms with E-state index in [0.29, 0.717) is 22.5 Å². The predicted molar refractivity (Wildman–Crippen MR) is 117 cm³/mol. The zero-order valence-corrected chi connectivity index (χ0v) is 17.0. The third kappa shape index (κ3) is 3.50. The summed E-state index contributed by atoms with van der Waals surface area (Å²) < 4.78 is 13.4. The van der Waals surface area contributed by atoms with Gasteiger partial charge in [0.15, 0.2) is 0 Å². The quantitative estimate of drug-likeness (QED) is 0.617. The number of imide groups is 1. The summed E-state index contributed by atoms with van der Waals surface area (Å²) in [5.74, 6) is -1.34. The molecule has 1 aliphatic heterocycles. The van der Waals surface area contributed by atoms with Gasteiger partial charge >= 0.3 is 0 Å². The molecule has 1 aliphatic rings. The van der Waals surface area contributed by atoms with Crippen LogP contribution in [0.1, 0.15) is 22.3 Å². The number of hydrogen-bond acceptors (Lipinski definition) is 3. The summed E-state index contributed by atoms with van der Waals surface area (Å²) in [4.78, 5) is 27.8. The molecule has 2 amide bonds. The van der Waals surface area contributed by atoms with E-state index in [1.807, 2.05) is 63.2 Å². The summed E-state index contributed by atoms with van der Waals surface area (Å²) in [6.07, 6.45) is 0. The highest BCUT2D eigenvalue weighted by Crippen LogP contribution is 2.35. The molecule has 3 aromatic rings. The minimum Gasteiger partial charge on any atom is -0.350 e. The molecule has 0 fully saturated rings. The molecule has 0 aliphatic carbocycles. The molecule has 4 rings (SSSR count). The fraction of sp³-hybridized carbons (Fsp3) is 0.120. The van der Waals surface area contributed by atoms with E-state index < -0.39 is 17.6 Å². The summed E-state index contributed by atoms with van der Waals surface area (Å²) in [6, 6.07) is 18.7. The van der Waals surface area contributed by atoms with Crippen molar-refractivity contribution >= 4 is 28.8 Å². The van der Waals surface area contributed by atoms with Gasteiger partial charge in [-0.1, -0.05) is 41.5 Å². The van der Waals surface area contributed by atoms with Gasteiger partial charge in [0.05, 0.1) is 11.3 Å². The highest BCUT2D eigenvalue weighted by molar-refractivity contribution is 6.46.